The van der Waals surface area contributed by atoms with Crippen molar-refractivity contribution in [2.45, 2.75) is 57.2 Å². The van der Waals surface area contributed by atoms with E-state index in [0.717, 1.165) is 51.8 Å². The standard InChI is InChI=1S/C25H26F3NO3S2/c1-15-13-21(16(2)12-20(15)32-24(3,4)23(30)31)33-11-5-6-22-29-19(14-34-22)17-7-9-18(10-8-17)25(26,27)28/h7-10,12-14H,5-6,11H2,1-4H3,(H,30,31). The van der Waals surface area contributed by atoms with Crippen molar-refractivity contribution in [2.75, 3.05) is 5.75 Å². The van der Waals surface area contributed by atoms with Crippen LogP contribution in [0.1, 0.15) is 42.0 Å². The quantitative estimate of drug-likeness (QED) is 0.240. The molecule has 0 aliphatic heterocycles. The number of aromatic nitrogens is 1. The Morgan fingerprint density at radius 2 is 1.79 bits per heavy atom. The molecule has 0 amide bonds. The SMILES string of the molecule is Cc1cc(SCCCc2nc(-c3ccc(C(F)(F)F)cc3)cs2)c(C)cc1OC(C)(C)C(=O)O. The molecule has 9 heteroatoms. The lowest BCUT2D eigenvalue weighted by molar-refractivity contribution is -0.152. The van der Waals surface area contributed by atoms with Crippen LogP contribution in [0.4, 0.5) is 13.2 Å². The molecule has 0 fully saturated rings. The molecule has 3 rings (SSSR count). The lowest BCUT2D eigenvalue weighted by Gasteiger charge is -2.23. The Kier molecular flexibility index (Phi) is 7.98. The number of nitrogens with zero attached hydrogens (tertiary/aromatic N) is 1. The first-order valence-corrected chi connectivity index (χ1v) is 12.5. The molecule has 2 aromatic carbocycles. The van der Waals surface area contributed by atoms with E-state index in [-0.39, 0.29) is 0 Å². The third-order valence-electron chi connectivity index (χ3n) is 5.20. The summed E-state index contributed by atoms with van der Waals surface area (Å²) in [6, 6.07) is 8.95. The summed E-state index contributed by atoms with van der Waals surface area (Å²) in [5, 5.41) is 12.1. The van der Waals surface area contributed by atoms with Gasteiger partial charge in [-0.2, -0.15) is 13.2 Å². The number of benzene rings is 2. The molecule has 1 aromatic heterocycles. The number of halogens is 3. The van der Waals surface area contributed by atoms with Gasteiger partial charge < -0.3 is 9.84 Å². The van der Waals surface area contributed by atoms with E-state index >= 15 is 0 Å². The highest BCUT2D eigenvalue weighted by atomic mass is 32.2. The molecule has 0 aliphatic rings. The third-order valence-corrected chi connectivity index (χ3v) is 7.36. The van der Waals surface area contributed by atoms with Gasteiger partial charge in [0.05, 0.1) is 16.3 Å². The van der Waals surface area contributed by atoms with Crippen LogP contribution in [-0.2, 0) is 17.4 Å². The van der Waals surface area contributed by atoms with E-state index in [9.17, 15) is 23.1 Å². The Bertz CT molecular complexity index is 1160. The Labute approximate surface area is 205 Å². The van der Waals surface area contributed by atoms with Crippen LogP contribution in [0.25, 0.3) is 11.3 Å². The summed E-state index contributed by atoms with van der Waals surface area (Å²) in [5.41, 5.74) is 1.28. The van der Waals surface area contributed by atoms with Gasteiger partial charge in [-0.05, 0) is 75.3 Å². The van der Waals surface area contributed by atoms with Gasteiger partial charge in [-0.25, -0.2) is 9.78 Å². The van der Waals surface area contributed by atoms with E-state index in [1.54, 1.807) is 11.8 Å². The fourth-order valence-electron chi connectivity index (χ4n) is 3.14. The second kappa shape index (κ2) is 10.4. The monoisotopic (exact) mass is 509 g/mol. The molecule has 0 saturated carbocycles. The number of aryl methyl sites for hydroxylation is 3. The van der Waals surface area contributed by atoms with Crippen LogP contribution in [0.15, 0.2) is 46.7 Å². The van der Waals surface area contributed by atoms with Gasteiger partial charge in [-0.3, -0.25) is 0 Å². The first-order valence-electron chi connectivity index (χ1n) is 10.7. The molecule has 1 heterocycles. The first kappa shape index (κ1) is 26.1. The highest BCUT2D eigenvalue weighted by molar-refractivity contribution is 7.99. The van der Waals surface area contributed by atoms with Crippen molar-refractivity contribution in [3.05, 3.63) is 63.5 Å². The summed E-state index contributed by atoms with van der Waals surface area (Å²) in [6.07, 6.45) is -2.67. The van der Waals surface area contributed by atoms with Crippen molar-refractivity contribution in [1.29, 1.82) is 0 Å². The van der Waals surface area contributed by atoms with Gasteiger partial charge in [0, 0.05) is 22.3 Å². The molecular weight excluding hydrogens is 483 g/mol. The molecule has 182 valence electrons. The Balaban J connectivity index is 1.55. The largest absolute Gasteiger partial charge is 0.478 e. The van der Waals surface area contributed by atoms with Crippen LogP contribution in [0, 0.1) is 13.8 Å². The van der Waals surface area contributed by atoms with E-state index in [4.69, 9.17) is 4.74 Å². The third kappa shape index (κ3) is 6.54. The minimum absolute atomic E-state index is 0.563. The summed E-state index contributed by atoms with van der Waals surface area (Å²) in [5.74, 6) is 0.413. The average Bonchev–Trinajstić information content (AvgIpc) is 3.22. The summed E-state index contributed by atoms with van der Waals surface area (Å²) < 4.78 is 43.9. The summed E-state index contributed by atoms with van der Waals surface area (Å²) >= 11 is 3.23. The molecule has 0 bridgehead atoms. The lowest BCUT2D eigenvalue weighted by Crippen LogP contribution is -2.38. The number of aliphatic carboxylic acids is 1. The van der Waals surface area contributed by atoms with E-state index < -0.39 is 23.3 Å². The minimum Gasteiger partial charge on any atom is -0.478 e. The Morgan fingerprint density at radius 3 is 2.41 bits per heavy atom. The zero-order chi connectivity index (χ0) is 25.1. The van der Waals surface area contributed by atoms with Crippen LogP contribution in [0.2, 0.25) is 0 Å². The number of carboxylic acids is 1. The van der Waals surface area contributed by atoms with Crippen molar-refractivity contribution in [1.82, 2.24) is 4.98 Å². The maximum atomic E-state index is 12.7. The van der Waals surface area contributed by atoms with Crippen LogP contribution in [-0.4, -0.2) is 27.4 Å². The highest BCUT2D eigenvalue weighted by Crippen LogP contribution is 2.33. The predicted molar refractivity (Wildman–Crippen MR) is 130 cm³/mol. The molecule has 0 saturated heterocycles. The van der Waals surface area contributed by atoms with Crippen molar-refractivity contribution in [2.24, 2.45) is 0 Å². The van der Waals surface area contributed by atoms with Gasteiger partial charge in [0.25, 0.3) is 0 Å². The number of thiazole rings is 1. The number of thioether (sulfide) groups is 1. The van der Waals surface area contributed by atoms with Gasteiger partial charge in [-0.1, -0.05) is 12.1 Å². The normalized spacial score (nSPS) is 12.1. The molecule has 4 nitrogen and oxygen atoms in total. The number of rotatable bonds is 9. The van der Waals surface area contributed by atoms with Crippen LogP contribution < -0.4 is 4.74 Å². The second-order valence-corrected chi connectivity index (χ2v) is 10.5. The number of ether oxygens (including phenoxy) is 1. The van der Waals surface area contributed by atoms with E-state index in [1.807, 2.05) is 31.4 Å². The van der Waals surface area contributed by atoms with E-state index in [1.165, 1.54) is 37.3 Å². The second-order valence-electron chi connectivity index (χ2n) is 8.45. The fourth-order valence-corrected chi connectivity index (χ4v) is 5.05. The van der Waals surface area contributed by atoms with Crippen molar-refractivity contribution < 1.29 is 27.8 Å². The molecule has 0 aliphatic carbocycles. The average molecular weight is 510 g/mol. The molecule has 0 spiro atoms. The van der Waals surface area contributed by atoms with E-state index in [2.05, 4.69) is 4.98 Å². The van der Waals surface area contributed by atoms with Gasteiger partial charge >= 0.3 is 12.1 Å². The number of carbonyl (C=O) groups is 1. The van der Waals surface area contributed by atoms with Gasteiger partial charge in [0.15, 0.2) is 5.60 Å². The number of alkyl halides is 3. The number of hydrogen-bond acceptors (Lipinski definition) is 5. The molecule has 0 radical (unpaired) electrons. The van der Waals surface area contributed by atoms with Crippen LogP contribution in [0.5, 0.6) is 5.75 Å². The van der Waals surface area contributed by atoms with Gasteiger partial charge in [-0.15, -0.1) is 23.1 Å². The summed E-state index contributed by atoms with van der Waals surface area (Å²) in [4.78, 5) is 17.0. The van der Waals surface area contributed by atoms with Crippen molar-refractivity contribution >= 4 is 29.1 Å². The predicted octanol–water partition coefficient (Wildman–Crippen LogP) is 7.41. The van der Waals surface area contributed by atoms with Crippen LogP contribution in [0.3, 0.4) is 0 Å². The highest BCUT2D eigenvalue weighted by Gasteiger charge is 2.31. The number of carboxylic acid groups (broad SMARTS) is 1. The molecular formula is C25H26F3NO3S2. The topological polar surface area (TPSA) is 59.4 Å². The Morgan fingerprint density at radius 1 is 1.12 bits per heavy atom. The molecule has 1 N–H and O–H groups in total. The molecule has 0 atom stereocenters. The van der Waals surface area contributed by atoms with Crippen molar-refractivity contribution in [3.63, 3.8) is 0 Å². The number of hydrogen-bond donors (Lipinski definition) is 1. The molecule has 34 heavy (non-hydrogen) atoms. The summed E-state index contributed by atoms with van der Waals surface area (Å²) in [6.45, 7) is 6.91. The fraction of sp³-hybridized carbons (Fsp3) is 0.360. The Hall–Kier alpha value is -2.52. The first-order chi connectivity index (χ1) is 15.9. The van der Waals surface area contributed by atoms with Crippen molar-refractivity contribution in [3.8, 4) is 17.0 Å². The minimum atomic E-state index is -4.34. The van der Waals surface area contributed by atoms with Gasteiger partial charge in [0.1, 0.15) is 5.75 Å². The molecule has 3 aromatic rings. The van der Waals surface area contributed by atoms with E-state index in [0.29, 0.717) is 17.0 Å². The zero-order valence-corrected chi connectivity index (χ0v) is 21.0. The maximum absolute atomic E-state index is 12.7. The lowest BCUT2D eigenvalue weighted by atomic mass is 10.1. The summed E-state index contributed by atoms with van der Waals surface area (Å²) in [7, 11) is 0. The smallest absolute Gasteiger partial charge is 0.416 e. The van der Waals surface area contributed by atoms with Gasteiger partial charge in [0.2, 0.25) is 0 Å². The van der Waals surface area contributed by atoms with Crippen LogP contribution >= 0.6 is 23.1 Å². The zero-order valence-electron chi connectivity index (χ0n) is 19.3. The maximum Gasteiger partial charge on any atom is 0.416 e. The molecule has 0 unspecified atom stereocenters.